The molecule has 0 saturated carbocycles. The Morgan fingerprint density at radius 3 is 2.56 bits per heavy atom. The fourth-order valence-corrected chi connectivity index (χ4v) is 5.86. The number of aromatic nitrogens is 3. The van der Waals surface area contributed by atoms with Crippen molar-refractivity contribution in [2.45, 2.75) is 18.0 Å². The van der Waals surface area contributed by atoms with E-state index in [-0.39, 0.29) is 16.3 Å². The minimum atomic E-state index is -3.76. The Morgan fingerprint density at radius 2 is 1.82 bits per heavy atom. The first-order valence-corrected chi connectivity index (χ1v) is 13.0. The molecule has 3 aromatic carbocycles. The molecule has 0 radical (unpaired) electrons. The van der Waals surface area contributed by atoms with Crippen LogP contribution in [0.2, 0.25) is 5.02 Å². The number of sulfonamides is 1. The summed E-state index contributed by atoms with van der Waals surface area (Å²) in [5.41, 5.74) is 3.25. The van der Waals surface area contributed by atoms with Crippen LogP contribution < -0.4 is 9.60 Å². The fraction of sp³-hybridized carbons (Fsp3) is 0.0833. The lowest BCUT2D eigenvalue weighted by atomic mass is 10.2. The number of imidazole rings is 1. The number of nitrogens with zero attached hydrogens (tertiary/aromatic N) is 3. The molecule has 1 N–H and O–H groups in total. The highest BCUT2D eigenvalue weighted by Gasteiger charge is 2.17. The van der Waals surface area contributed by atoms with Gasteiger partial charge in [-0.1, -0.05) is 53.3 Å². The van der Waals surface area contributed by atoms with Gasteiger partial charge in [0.05, 0.1) is 28.0 Å². The smallest absolute Gasteiger partial charge is 0.306 e. The molecule has 2 heterocycles. The van der Waals surface area contributed by atoms with Crippen molar-refractivity contribution < 1.29 is 8.42 Å². The van der Waals surface area contributed by atoms with Gasteiger partial charge in [-0.3, -0.25) is 9.36 Å². The zero-order chi connectivity index (χ0) is 23.7. The third kappa shape index (κ3) is 4.55. The van der Waals surface area contributed by atoms with Gasteiger partial charge in [0, 0.05) is 29.6 Å². The number of nitrogens with one attached hydrogen (secondary N) is 1. The summed E-state index contributed by atoms with van der Waals surface area (Å²) >= 11 is 7.26. The van der Waals surface area contributed by atoms with E-state index in [9.17, 15) is 13.2 Å². The first-order valence-electron chi connectivity index (χ1n) is 10.3. The number of thiazole rings is 1. The third-order valence-electron chi connectivity index (χ3n) is 5.44. The Hall–Kier alpha value is -3.24. The average molecular weight is 511 g/mol. The van der Waals surface area contributed by atoms with Crippen LogP contribution in [0.15, 0.2) is 95.1 Å². The summed E-state index contributed by atoms with van der Waals surface area (Å²) in [7, 11) is -3.76. The van der Waals surface area contributed by atoms with E-state index < -0.39 is 10.0 Å². The molecule has 0 saturated heterocycles. The predicted molar refractivity (Wildman–Crippen MR) is 134 cm³/mol. The average Bonchev–Trinajstić information content (AvgIpc) is 3.48. The molecule has 0 atom stereocenters. The number of halogens is 1. The van der Waals surface area contributed by atoms with E-state index >= 15 is 0 Å². The van der Waals surface area contributed by atoms with Gasteiger partial charge >= 0.3 is 4.87 Å². The van der Waals surface area contributed by atoms with Gasteiger partial charge in [-0.15, -0.1) is 0 Å². The number of benzene rings is 3. The van der Waals surface area contributed by atoms with E-state index in [1.54, 1.807) is 29.2 Å². The molecular weight excluding hydrogens is 492 g/mol. The van der Waals surface area contributed by atoms with Crippen LogP contribution in [0.4, 0.5) is 0 Å². The lowest BCUT2D eigenvalue weighted by Crippen LogP contribution is -2.23. The number of rotatable bonds is 7. The van der Waals surface area contributed by atoms with Crippen LogP contribution in [-0.2, 0) is 23.1 Å². The van der Waals surface area contributed by atoms with Gasteiger partial charge in [-0.05, 0) is 47.5 Å². The number of hydrogen-bond acceptors (Lipinski definition) is 5. The molecule has 0 amide bonds. The lowest BCUT2D eigenvalue weighted by molar-refractivity contribution is 0.581. The first-order chi connectivity index (χ1) is 16.4. The Balaban J connectivity index is 1.35. The van der Waals surface area contributed by atoms with Crippen molar-refractivity contribution >= 4 is 43.2 Å². The summed E-state index contributed by atoms with van der Waals surface area (Å²) in [6.45, 7) is 0.465. The van der Waals surface area contributed by atoms with E-state index in [1.165, 1.54) is 12.1 Å². The molecule has 0 aliphatic carbocycles. The van der Waals surface area contributed by atoms with Crippen LogP contribution in [-0.4, -0.2) is 22.5 Å². The molecule has 172 valence electrons. The summed E-state index contributed by atoms with van der Waals surface area (Å²) < 4.78 is 32.5. The fourth-order valence-electron chi connectivity index (χ4n) is 3.62. The van der Waals surface area contributed by atoms with Crippen molar-refractivity contribution in [3.05, 3.63) is 111 Å². The summed E-state index contributed by atoms with van der Waals surface area (Å²) in [5.74, 6) is 0. The van der Waals surface area contributed by atoms with Crippen LogP contribution in [0, 0.1) is 0 Å². The van der Waals surface area contributed by atoms with E-state index in [0.29, 0.717) is 21.8 Å². The van der Waals surface area contributed by atoms with Crippen molar-refractivity contribution in [1.29, 1.82) is 0 Å². The van der Waals surface area contributed by atoms with Crippen LogP contribution in [0.25, 0.3) is 15.9 Å². The number of hydrogen-bond donors (Lipinski definition) is 1. The molecule has 7 nitrogen and oxygen atoms in total. The molecule has 0 fully saturated rings. The molecule has 34 heavy (non-hydrogen) atoms. The molecule has 0 aliphatic heterocycles. The molecule has 0 bridgehead atoms. The summed E-state index contributed by atoms with van der Waals surface area (Å²) in [4.78, 5) is 16.6. The quantitative estimate of drug-likeness (QED) is 0.351. The minimum absolute atomic E-state index is 0.112. The van der Waals surface area contributed by atoms with Crippen molar-refractivity contribution in [1.82, 2.24) is 18.8 Å². The molecule has 10 heteroatoms. The lowest BCUT2D eigenvalue weighted by Gasteiger charge is -2.09. The minimum Gasteiger partial charge on any atom is -0.306 e. The summed E-state index contributed by atoms with van der Waals surface area (Å²) in [6.07, 6.45) is 5.23. The van der Waals surface area contributed by atoms with Crippen molar-refractivity contribution in [3.8, 4) is 5.69 Å². The SMILES string of the molecule is O=c1sc2cc(S(=O)(=O)NCc3ccc(-n4ccnc4)cc3)ccc2n1Cc1ccccc1Cl. The van der Waals surface area contributed by atoms with Gasteiger partial charge in [0.2, 0.25) is 10.0 Å². The van der Waals surface area contributed by atoms with Crippen LogP contribution in [0.3, 0.4) is 0 Å². The summed E-state index contributed by atoms with van der Waals surface area (Å²) in [5, 5.41) is 0.579. The molecule has 2 aromatic heterocycles. The van der Waals surface area contributed by atoms with E-state index in [4.69, 9.17) is 11.6 Å². The molecule has 0 spiro atoms. The largest absolute Gasteiger partial charge is 0.308 e. The van der Waals surface area contributed by atoms with Gasteiger partial charge in [0.25, 0.3) is 0 Å². The Labute approximate surface area is 204 Å². The maximum atomic E-state index is 12.9. The van der Waals surface area contributed by atoms with Crippen molar-refractivity contribution in [3.63, 3.8) is 0 Å². The number of fused-ring (bicyclic) bond motifs is 1. The second-order valence-electron chi connectivity index (χ2n) is 7.64. The zero-order valence-corrected chi connectivity index (χ0v) is 20.1. The topological polar surface area (TPSA) is 86.0 Å². The molecule has 0 unspecified atom stereocenters. The van der Waals surface area contributed by atoms with E-state index in [1.807, 2.05) is 53.2 Å². The zero-order valence-electron chi connectivity index (χ0n) is 17.8. The van der Waals surface area contributed by atoms with Crippen LogP contribution in [0.1, 0.15) is 11.1 Å². The molecule has 5 aromatic rings. The molecule has 0 aliphatic rings. The monoisotopic (exact) mass is 510 g/mol. The summed E-state index contributed by atoms with van der Waals surface area (Å²) in [6, 6.07) is 19.6. The van der Waals surface area contributed by atoms with Gasteiger partial charge in [-0.25, -0.2) is 18.1 Å². The second kappa shape index (κ2) is 9.19. The maximum absolute atomic E-state index is 12.9. The maximum Gasteiger partial charge on any atom is 0.308 e. The van der Waals surface area contributed by atoms with Crippen LogP contribution >= 0.6 is 22.9 Å². The third-order valence-corrected chi connectivity index (χ3v) is 8.15. The molecular formula is C24H19ClN4O3S2. The highest BCUT2D eigenvalue weighted by molar-refractivity contribution is 7.89. The normalized spacial score (nSPS) is 11.8. The standard InChI is InChI=1S/C24H19ClN4O3S2/c25-21-4-2-1-3-18(21)15-29-22-10-9-20(13-23(22)33-24(29)30)34(31,32)27-14-17-5-7-19(8-6-17)28-12-11-26-16-28/h1-13,16,27H,14-15H2. The Morgan fingerprint density at radius 1 is 1.03 bits per heavy atom. The molecule has 5 rings (SSSR count). The highest BCUT2D eigenvalue weighted by atomic mass is 35.5. The predicted octanol–water partition coefficient (Wildman–Crippen LogP) is 4.43. The van der Waals surface area contributed by atoms with Gasteiger partial charge in [0.15, 0.2) is 0 Å². The first kappa shape index (κ1) is 22.5. The van der Waals surface area contributed by atoms with Crippen LogP contribution in [0.5, 0.6) is 0 Å². The van der Waals surface area contributed by atoms with Gasteiger partial charge in [0.1, 0.15) is 0 Å². The Bertz CT molecular complexity index is 1620. The highest BCUT2D eigenvalue weighted by Crippen LogP contribution is 2.24. The van der Waals surface area contributed by atoms with E-state index in [2.05, 4.69) is 9.71 Å². The van der Waals surface area contributed by atoms with Crippen molar-refractivity contribution in [2.75, 3.05) is 0 Å². The van der Waals surface area contributed by atoms with E-state index in [0.717, 1.165) is 28.2 Å². The second-order valence-corrected chi connectivity index (χ2v) is 10.8. The Kier molecular flexibility index (Phi) is 6.09. The van der Waals surface area contributed by atoms with Crippen molar-refractivity contribution in [2.24, 2.45) is 0 Å². The van der Waals surface area contributed by atoms with Gasteiger partial charge in [-0.2, -0.15) is 0 Å². The van der Waals surface area contributed by atoms with Gasteiger partial charge < -0.3 is 4.57 Å².